The highest BCUT2D eigenvalue weighted by Crippen LogP contribution is 2.07. The summed E-state index contributed by atoms with van der Waals surface area (Å²) in [6, 6.07) is 3.63. The molecule has 4 nitrogen and oxygen atoms in total. The van der Waals surface area contributed by atoms with Gasteiger partial charge in [-0.1, -0.05) is 13.8 Å². The van der Waals surface area contributed by atoms with E-state index in [0.29, 0.717) is 12.5 Å². The van der Waals surface area contributed by atoms with E-state index in [1.807, 2.05) is 19.9 Å². The minimum absolute atomic E-state index is 0.0222. The minimum Gasteiger partial charge on any atom is -0.481 e. The van der Waals surface area contributed by atoms with Gasteiger partial charge in [-0.2, -0.15) is 0 Å². The molecule has 0 N–H and O–H groups in total. The summed E-state index contributed by atoms with van der Waals surface area (Å²) in [4.78, 5) is 15.3. The summed E-state index contributed by atoms with van der Waals surface area (Å²) >= 11 is 0. The Labute approximate surface area is 95.6 Å². The van der Waals surface area contributed by atoms with Gasteiger partial charge in [-0.05, 0) is 11.6 Å². The quantitative estimate of drug-likeness (QED) is 0.738. The molecular formula is C12H17NO3. The summed E-state index contributed by atoms with van der Waals surface area (Å²) in [6.45, 7) is 4.28. The van der Waals surface area contributed by atoms with Crippen molar-refractivity contribution in [2.75, 3.05) is 13.7 Å². The average Bonchev–Trinajstić information content (AvgIpc) is 2.29. The van der Waals surface area contributed by atoms with Crippen LogP contribution in [0.15, 0.2) is 18.3 Å². The van der Waals surface area contributed by atoms with Crippen LogP contribution in [-0.2, 0) is 16.1 Å². The Morgan fingerprint density at radius 1 is 1.44 bits per heavy atom. The third kappa shape index (κ3) is 3.98. The SMILES string of the molecule is COc1ccc(COCC(=O)C(C)C)cn1. The van der Waals surface area contributed by atoms with Crippen LogP contribution in [0.25, 0.3) is 0 Å². The van der Waals surface area contributed by atoms with Crippen molar-refractivity contribution in [3.8, 4) is 5.88 Å². The van der Waals surface area contributed by atoms with Crippen LogP contribution in [0, 0.1) is 5.92 Å². The van der Waals surface area contributed by atoms with Gasteiger partial charge in [-0.15, -0.1) is 0 Å². The maximum Gasteiger partial charge on any atom is 0.212 e. The monoisotopic (exact) mass is 223 g/mol. The van der Waals surface area contributed by atoms with Crippen LogP contribution < -0.4 is 4.74 Å². The lowest BCUT2D eigenvalue weighted by Crippen LogP contribution is -2.14. The van der Waals surface area contributed by atoms with Gasteiger partial charge in [0.25, 0.3) is 0 Å². The van der Waals surface area contributed by atoms with Crippen LogP contribution in [0.4, 0.5) is 0 Å². The Kier molecular flexibility index (Phi) is 4.92. The van der Waals surface area contributed by atoms with Gasteiger partial charge in [-0.25, -0.2) is 4.98 Å². The van der Waals surface area contributed by atoms with Gasteiger partial charge in [-0.3, -0.25) is 4.79 Å². The molecule has 0 amide bonds. The molecule has 88 valence electrons. The number of methoxy groups -OCH3 is 1. The second-order valence-corrected chi connectivity index (χ2v) is 3.82. The predicted molar refractivity (Wildman–Crippen MR) is 60.3 cm³/mol. The maximum absolute atomic E-state index is 11.3. The van der Waals surface area contributed by atoms with Gasteiger partial charge >= 0.3 is 0 Å². The van der Waals surface area contributed by atoms with Gasteiger partial charge in [0.1, 0.15) is 6.61 Å². The molecule has 0 aliphatic heterocycles. The number of ketones is 1. The molecule has 0 saturated carbocycles. The molecule has 0 aromatic carbocycles. The van der Waals surface area contributed by atoms with Gasteiger partial charge in [0.05, 0.1) is 13.7 Å². The molecular weight excluding hydrogens is 206 g/mol. The van der Waals surface area contributed by atoms with E-state index in [2.05, 4.69) is 4.98 Å². The number of Topliss-reactive ketones (excluding diaryl/α,β-unsaturated/α-hetero) is 1. The normalized spacial score (nSPS) is 10.5. The van der Waals surface area contributed by atoms with Crippen molar-refractivity contribution in [1.29, 1.82) is 0 Å². The Bertz CT molecular complexity index is 333. The van der Waals surface area contributed by atoms with Gasteiger partial charge in [0.15, 0.2) is 5.78 Å². The summed E-state index contributed by atoms with van der Waals surface area (Å²) < 4.78 is 10.2. The van der Waals surface area contributed by atoms with E-state index in [-0.39, 0.29) is 18.3 Å². The highest BCUT2D eigenvalue weighted by Gasteiger charge is 2.06. The number of carbonyl (C=O) groups is 1. The van der Waals surface area contributed by atoms with E-state index in [1.54, 1.807) is 19.4 Å². The fourth-order valence-electron chi connectivity index (χ4n) is 1.05. The molecule has 0 saturated heterocycles. The van der Waals surface area contributed by atoms with Crippen molar-refractivity contribution in [2.45, 2.75) is 20.5 Å². The van der Waals surface area contributed by atoms with Crippen molar-refractivity contribution in [3.63, 3.8) is 0 Å². The average molecular weight is 223 g/mol. The second kappa shape index (κ2) is 6.23. The molecule has 1 heterocycles. The third-order valence-corrected chi connectivity index (χ3v) is 2.16. The molecule has 1 rings (SSSR count). The number of pyridine rings is 1. The number of nitrogens with zero attached hydrogens (tertiary/aromatic N) is 1. The molecule has 0 bridgehead atoms. The number of aromatic nitrogens is 1. The Morgan fingerprint density at radius 3 is 2.69 bits per heavy atom. The van der Waals surface area contributed by atoms with E-state index in [4.69, 9.17) is 9.47 Å². The first-order chi connectivity index (χ1) is 7.63. The number of carbonyl (C=O) groups excluding carboxylic acids is 1. The molecule has 0 aliphatic carbocycles. The lowest BCUT2D eigenvalue weighted by Gasteiger charge is -2.06. The lowest BCUT2D eigenvalue weighted by molar-refractivity contribution is -0.126. The number of hydrogen-bond donors (Lipinski definition) is 0. The van der Waals surface area contributed by atoms with Crippen molar-refractivity contribution < 1.29 is 14.3 Å². The van der Waals surface area contributed by atoms with Gasteiger partial charge in [0.2, 0.25) is 5.88 Å². The molecule has 0 fully saturated rings. The molecule has 0 aliphatic rings. The maximum atomic E-state index is 11.3. The zero-order chi connectivity index (χ0) is 12.0. The van der Waals surface area contributed by atoms with Crippen LogP contribution in [0.3, 0.4) is 0 Å². The van der Waals surface area contributed by atoms with Crippen molar-refractivity contribution in [2.24, 2.45) is 5.92 Å². The topological polar surface area (TPSA) is 48.4 Å². The molecule has 16 heavy (non-hydrogen) atoms. The highest BCUT2D eigenvalue weighted by molar-refractivity contribution is 5.81. The fourth-order valence-corrected chi connectivity index (χ4v) is 1.05. The molecule has 0 atom stereocenters. The minimum atomic E-state index is 0.0222. The van der Waals surface area contributed by atoms with Gasteiger partial charge < -0.3 is 9.47 Å². The Balaban J connectivity index is 2.34. The molecule has 1 aromatic heterocycles. The van der Waals surface area contributed by atoms with E-state index < -0.39 is 0 Å². The molecule has 0 spiro atoms. The summed E-state index contributed by atoms with van der Waals surface area (Å²) in [5, 5.41) is 0. The van der Waals surface area contributed by atoms with Crippen LogP contribution in [0.5, 0.6) is 5.88 Å². The van der Waals surface area contributed by atoms with E-state index in [0.717, 1.165) is 5.56 Å². The summed E-state index contributed by atoms with van der Waals surface area (Å²) in [6.07, 6.45) is 1.68. The van der Waals surface area contributed by atoms with E-state index >= 15 is 0 Å². The number of ether oxygens (including phenoxy) is 2. The molecule has 0 radical (unpaired) electrons. The number of hydrogen-bond acceptors (Lipinski definition) is 4. The third-order valence-electron chi connectivity index (χ3n) is 2.16. The smallest absolute Gasteiger partial charge is 0.212 e. The first-order valence-corrected chi connectivity index (χ1v) is 5.23. The van der Waals surface area contributed by atoms with Crippen molar-refractivity contribution in [3.05, 3.63) is 23.9 Å². The lowest BCUT2D eigenvalue weighted by atomic mass is 10.1. The summed E-state index contributed by atoms with van der Waals surface area (Å²) in [5.74, 6) is 0.706. The zero-order valence-corrected chi connectivity index (χ0v) is 9.90. The van der Waals surface area contributed by atoms with Crippen molar-refractivity contribution >= 4 is 5.78 Å². The fraction of sp³-hybridized carbons (Fsp3) is 0.500. The summed E-state index contributed by atoms with van der Waals surface area (Å²) in [5.41, 5.74) is 0.928. The first-order valence-electron chi connectivity index (χ1n) is 5.23. The van der Waals surface area contributed by atoms with Crippen LogP contribution in [0.2, 0.25) is 0 Å². The number of rotatable bonds is 6. The predicted octanol–water partition coefficient (Wildman–Crippen LogP) is 1.83. The Hall–Kier alpha value is -1.42. The highest BCUT2D eigenvalue weighted by atomic mass is 16.5. The van der Waals surface area contributed by atoms with Crippen molar-refractivity contribution in [1.82, 2.24) is 4.98 Å². The largest absolute Gasteiger partial charge is 0.481 e. The summed E-state index contributed by atoms with van der Waals surface area (Å²) in [7, 11) is 1.57. The first kappa shape index (κ1) is 12.6. The molecule has 1 aromatic rings. The second-order valence-electron chi connectivity index (χ2n) is 3.82. The van der Waals surface area contributed by atoms with Gasteiger partial charge in [0, 0.05) is 18.2 Å². The Morgan fingerprint density at radius 2 is 2.19 bits per heavy atom. The van der Waals surface area contributed by atoms with E-state index in [1.165, 1.54) is 0 Å². The van der Waals surface area contributed by atoms with Crippen LogP contribution in [-0.4, -0.2) is 24.5 Å². The van der Waals surface area contributed by atoms with E-state index in [9.17, 15) is 4.79 Å². The molecule has 0 unspecified atom stereocenters. The van der Waals surface area contributed by atoms with Crippen LogP contribution >= 0.6 is 0 Å². The zero-order valence-electron chi connectivity index (χ0n) is 9.90. The standard InChI is InChI=1S/C12H17NO3/c1-9(2)11(14)8-16-7-10-4-5-12(15-3)13-6-10/h4-6,9H,7-8H2,1-3H3. The van der Waals surface area contributed by atoms with Crippen LogP contribution in [0.1, 0.15) is 19.4 Å². The molecule has 4 heteroatoms.